The summed E-state index contributed by atoms with van der Waals surface area (Å²) >= 11 is 0. The first-order valence-electron chi connectivity index (χ1n) is 6.04. The van der Waals surface area contributed by atoms with E-state index in [2.05, 4.69) is 15.4 Å². The maximum absolute atomic E-state index is 5.21. The van der Waals surface area contributed by atoms with E-state index in [-0.39, 0.29) is 0 Å². The predicted molar refractivity (Wildman–Crippen MR) is 78.1 cm³/mol. The van der Waals surface area contributed by atoms with Gasteiger partial charge in [-0.25, -0.2) is 0 Å². The number of nitrogens with zero attached hydrogens (tertiary/aromatic N) is 3. The van der Waals surface area contributed by atoms with Gasteiger partial charge in [0.25, 0.3) is 0 Å². The van der Waals surface area contributed by atoms with Gasteiger partial charge in [0.2, 0.25) is 0 Å². The highest BCUT2D eigenvalue weighted by atomic mass is 16.5. The molecule has 0 bridgehead atoms. The van der Waals surface area contributed by atoms with Crippen molar-refractivity contribution in [3.8, 4) is 11.5 Å². The molecule has 5 heteroatoms. The van der Waals surface area contributed by atoms with E-state index < -0.39 is 0 Å². The van der Waals surface area contributed by atoms with Crippen LogP contribution >= 0.6 is 0 Å². The average Bonchev–Trinajstić information content (AvgIpc) is 2.52. The number of rotatable bonds is 5. The molecule has 0 aromatic heterocycles. The van der Waals surface area contributed by atoms with Crippen molar-refractivity contribution in [1.29, 1.82) is 0 Å². The number of hydrogen-bond donors (Lipinski definition) is 0. The summed E-state index contributed by atoms with van der Waals surface area (Å²) in [5, 5.41) is 11.6. The molecule has 102 valence electrons. The molecule has 0 saturated heterocycles. The zero-order chi connectivity index (χ0) is 14.2. The van der Waals surface area contributed by atoms with Crippen molar-refractivity contribution in [2.24, 2.45) is 15.4 Å². The van der Waals surface area contributed by atoms with Gasteiger partial charge in [0, 0.05) is 0 Å². The molecule has 0 saturated carbocycles. The van der Waals surface area contributed by atoms with Gasteiger partial charge < -0.3 is 9.47 Å². The Morgan fingerprint density at radius 3 is 2.35 bits per heavy atom. The third-order valence-electron chi connectivity index (χ3n) is 2.58. The van der Waals surface area contributed by atoms with Crippen LogP contribution in [-0.2, 0) is 0 Å². The van der Waals surface area contributed by atoms with Crippen LogP contribution in [0.15, 0.2) is 64.0 Å². The van der Waals surface area contributed by atoms with E-state index >= 15 is 0 Å². The van der Waals surface area contributed by atoms with Crippen molar-refractivity contribution in [2.75, 3.05) is 14.2 Å². The molecule has 0 spiro atoms. The molecule has 0 radical (unpaired) electrons. The Kier molecular flexibility index (Phi) is 4.83. The normalized spacial score (nSPS) is 11.1. The van der Waals surface area contributed by atoms with Crippen LogP contribution in [0.3, 0.4) is 0 Å². The molecular formula is C15H15N3O2. The summed E-state index contributed by atoms with van der Waals surface area (Å²) in [5.74, 6) is 1.33. The minimum atomic E-state index is 0.649. The molecule has 2 rings (SSSR count). The van der Waals surface area contributed by atoms with Gasteiger partial charge in [-0.3, -0.25) is 0 Å². The smallest absolute Gasteiger partial charge is 0.161 e. The lowest BCUT2D eigenvalue weighted by molar-refractivity contribution is 0.355. The summed E-state index contributed by atoms with van der Waals surface area (Å²) in [6.45, 7) is 0. The van der Waals surface area contributed by atoms with E-state index in [9.17, 15) is 0 Å². The molecule has 0 N–H and O–H groups in total. The molecule has 0 aliphatic carbocycles. The van der Waals surface area contributed by atoms with Gasteiger partial charge in [-0.05, 0) is 41.1 Å². The number of ether oxygens (including phenoxy) is 2. The topological polar surface area (TPSA) is 55.5 Å². The molecular weight excluding hydrogens is 254 g/mol. The lowest BCUT2D eigenvalue weighted by Crippen LogP contribution is -1.91. The quantitative estimate of drug-likeness (QED) is 0.470. The van der Waals surface area contributed by atoms with E-state index in [4.69, 9.17) is 9.47 Å². The van der Waals surface area contributed by atoms with E-state index in [0.29, 0.717) is 11.5 Å². The molecule has 0 aliphatic rings. The van der Waals surface area contributed by atoms with Gasteiger partial charge in [-0.1, -0.05) is 18.2 Å². The van der Waals surface area contributed by atoms with Crippen molar-refractivity contribution >= 4 is 11.9 Å². The second-order valence-electron chi connectivity index (χ2n) is 3.88. The van der Waals surface area contributed by atoms with Crippen LogP contribution in [-0.4, -0.2) is 20.4 Å². The highest BCUT2D eigenvalue weighted by Gasteiger charge is 2.02. The summed E-state index contributed by atoms with van der Waals surface area (Å²) in [7, 11) is 3.19. The molecule has 0 atom stereocenters. The molecule has 0 amide bonds. The van der Waals surface area contributed by atoms with E-state index in [1.54, 1.807) is 20.4 Å². The summed E-state index contributed by atoms with van der Waals surface area (Å²) in [6.07, 6.45) is 1.61. The van der Waals surface area contributed by atoms with Crippen LogP contribution in [0.5, 0.6) is 11.5 Å². The van der Waals surface area contributed by atoms with E-state index in [1.807, 2.05) is 48.5 Å². The molecule has 0 unspecified atom stereocenters. The highest BCUT2D eigenvalue weighted by molar-refractivity contribution is 5.80. The van der Waals surface area contributed by atoms with E-state index in [1.165, 1.54) is 0 Å². The fourth-order valence-corrected chi connectivity index (χ4v) is 1.60. The Morgan fingerprint density at radius 2 is 1.65 bits per heavy atom. The fraction of sp³-hybridized carbons (Fsp3) is 0.133. The Balaban J connectivity index is 2.06. The van der Waals surface area contributed by atoms with Crippen molar-refractivity contribution in [3.05, 3.63) is 54.1 Å². The van der Waals surface area contributed by atoms with Gasteiger partial charge >= 0.3 is 0 Å². The van der Waals surface area contributed by atoms with Crippen LogP contribution in [0.2, 0.25) is 0 Å². The second kappa shape index (κ2) is 7.04. The Morgan fingerprint density at radius 1 is 0.900 bits per heavy atom. The molecule has 2 aromatic carbocycles. The number of benzene rings is 2. The van der Waals surface area contributed by atoms with Crippen LogP contribution in [0.4, 0.5) is 5.69 Å². The molecule has 0 fully saturated rings. The van der Waals surface area contributed by atoms with Crippen molar-refractivity contribution in [2.45, 2.75) is 0 Å². The Labute approximate surface area is 117 Å². The SMILES string of the molecule is COc1ccc(/C=N/N=Nc2ccccc2)cc1OC. The molecule has 2 aromatic rings. The van der Waals surface area contributed by atoms with Gasteiger partial charge in [0.15, 0.2) is 11.5 Å². The van der Waals surface area contributed by atoms with E-state index in [0.717, 1.165) is 11.3 Å². The fourth-order valence-electron chi connectivity index (χ4n) is 1.60. The predicted octanol–water partition coefficient (Wildman–Crippen LogP) is 3.82. The first-order chi connectivity index (χ1) is 9.83. The van der Waals surface area contributed by atoms with Gasteiger partial charge in [-0.15, -0.1) is 10.2 Å². The maximum atomic E-state index is 5.21. The second-order valence-corrected chi connectivity index (χ2v) is 3.88. The third-order valence-corrected chi connectivity index (χ3v) is 2.58. The number of methoxy groups -OCH3 is 2. The van der Waals surface area contributed by atoms with Crippen LogP contribution in [0.1, 0.15) is 5.56 Å². The summed E-state index contributed by atoms with van der Waals surface area (Å²) in [4.78, 5) is 0. The van der Waals surface area contributed by atoms with Gasteiger partial charge in [-0.2, -0.15) is 0 Å². The van der Waals surface area contributed by atoms with Gasteiger partial charge in [0.05, 0.1) is 26.1 Å². The first-order valence-corrected chi connectivity index (χ1v) is 6.04. The highest BCUT2D eigenvalue weighted by Crippen LogP contribution is 2.26. The average molecular weight is 269 g/mol. The van der Waals surface area contributed by atoms with Crippen LogP contribution in [0, 0.1) is 0 Å². The largest absolute Gasteiger partial charge is 0.493 e. The van der Waals surface area contributed by atoms with Crippen LogP contribution in [0.25, 0.3) is 0 Å². The maximum Gasteiger partial charge on any atom is 0.161 e. The Hall–Kier alpha value is -2.69. The number of hydrogen-bond acceptors (Lipinski definition) is 4. The summed E-state index contributed by atoms with van der Waals surface area (Å²) in [6, 6.07) is 14.9. The van der Waals surface area contributed by atoms with Crippen molar-refractivity contribution in [3.63, 3.8) is 0 Å². The summed E-state index contributed by atoms with van der Waals surface area (Å²) in [5.41, 5.74) is 1.62. The minimum absolute atomic E-state index is 0.649. The summed E-state index contributed by atoms with van der Waals surface area (Å²) < 4.78 is 10.4. The third kappa shape index (κ3) is 3.65. The molecule has 20 heavy (non-hydrogen) atoms. The monoisotopic (exact) mass is 269 g/mol. The standard InChI is InChI=1S/C15H15N3O2/c1-19-14-9-8-12(10-15(14)20-2)11-16-18-17-13-6-4-3-5-7-13/h3-11H,1-2H3/b16-11+,18-17?. The van der Waals surface area contributed by atoms with Crippen molar-refractivity contribution < 1.29 is 9.47 Å². The molecule has 5 nitrogen and oxygen atoms in total. The minimum Gasteiger partial charge on any atom is -0.493 e. The first kappa shape index (κ1) is 13.7. The lowest BCUT2D eigenvalue weighted by Gasteiger charge is -2.06. The van der Waals surface area contributed by atoms with Crippen LogP contribution < -0.4 is 9.47 Å². The Bertz CT molecular complexity index is 610. The van der Waals surface area contributed by atoms with Crippen molar-refractivity contribution in [1.82, 2.24) is 0 Å². The molecule has 0 heterocycles. The lowest BCUT2D eigenvalue weighted by atomic mass is 10.2. The molecule has 0 aliphatic heterocycles. The van der Waals surface area contributed by atoms with Gasteiger partial charge in [0.1, 0.15) is 0 Å². The zero-order valence-corrected chi connectivity index (χ0v) is 11.4. The zero-order valence-electron chi connectivity index (χ0n) is 11.4.